The lowest BCUT2D eigenvalue weighted by molar-refractivity contribution is -0.152. The molecule has 0 spiro atoms. The van der Waals surface area contributed by atoms with Gasteiger partial charge in [-0.1, -0.05) is 19.0 Å². The van der Waals surface area contributed by atoms with Gasteiger partial charge < -0.3 is 14.9 Å². The number of amides is 1. The van der Waals surface area contributed by atoms with Crippen molar-refractivity contribution in [3.63, 3.8) is 0 Å². The standard InChI is InChI=1S/C12H19N3O4/c1-4-12(5-2,11(17)18)6-10(16)13-7-9-14-8(3)19-15-9/h4-7H2,1-3H3,(H,13,16)(H,17,18). The largest absolute Gasteiger partial charge is 0.481 e. The van der Waals surface area contributed by atoms with Crippen molar-refractivity contribution in [1.82, 2.24) is 15.5 Å². The van der Waals surface area contributed by atoms with Gasteiger partial charge in [-0.2, -0.15) is 4.98 Å². The highest BCUT2D eigenvalue weighted by Gasteiger charge is 2.37. The third-order valence-electron chi connectivity index (χ3n) is 3.32. The van der Waals surface area contributed by atoms with E-state index in [4.69, 9.17) is 4.52 Å². The summed E-state index contributed by atoms with van der Waals surface area (Å²) >= 11 is 0. The van der Waals surface area contributed by atoms with E-state index in [1.165, 1.54) is 0 Å². The summed E-state index contributed by atoms with van der Waals surface area (Å²) in [5, 5.41) is 15.5. The van der Waals surface area contributed by atoms with Crippen LogP contribution in [0.5, 0.6) is 0 Å². The lowest BCUT2D eigenvalue weighted by Gasteiger charge is -2.25. The summed E-state index contributed by atoms with van der Waals surface area (Å²) in [5.74, 6) is -0.470. The molecule has 1 aromatic heterocycles. The number of carboxylic acid groups (broad SMARTS) is 1. The summed E-state index contributed by atoms with van der Waals surface area (Å²) < 4.78 is 4.77. The molecule has 0 saturated carbocycles. The number of aromatic nitrogens is 2. The number of aliphatic carboxylic acids is 1. The molecule has 0 aliphatic carbocycles. The third kappa shape index (κ3) is 3.77. The first kappa shape index (κ1) is 15.1. The molecule has 106 valence electrons. The second-order valence-electron chi connectivity index (χ2n) is 4.48. The smallest absolute Gasteiger partial charge is 0.310 e. The molecular weight excluding hydrogens is 250 g/mol. The molecule has 0 bridgehead atoms. The molecule has 0 radical (unpaired) electrons. The van der Waals surface area contributed by atoms with Crippen LogP contribution in [-0.2, 0) is 16.1 Å². The number of carboxylic acids is 1. The fraction of sp³-hybridized carbons (Fsp3) is 0.667. The molecular formula is C12H19N3O4. The Kier molecular flexibility index (Phi) is 5.02. The molecule has 0 aliphatic heterocycles. The van der Waals surface area contributed by atoms with E-state index in [9.17, 15) is 14.7 Å². The number of aryl methyl sites for hydroxylation is 1. The van der Waals surface area contributed by atoms with E-state index >= 15 is 0 Å². The number of carbonyl (C=O) groups is 2. The summed E-state index contributed by atoms with van der Waals surface area (Å²) in [5.41, 5.74) is -1.00. The zero-order chi connectivity index (χ0) is 14.5. The van der Waals surface area contributed by atoms with Crippen LogP contribution >= 0.6 is 0 Å². The molecule has 2 N–H and O–H groups in total. The van der Waals surface area contributed by atoms with Crippen LogP contribution in [0, 0.1) is 12.3 Å². The maximum absolute atomic E-state index is 11.8. The van der Waals surface area contributed by atoms with Crippen molar-refractivity contribution < 1.29 is 19.2 Å². The Balaban J connectivity index is 2.56. The van der Waals surface area contributed by atoms with Gasteiger partial charge in [-0.05, 0) is 12.8 Å². The molecule has 0 saturated heterocycles. The van der Waals surface area contributed by atoms with Crippen LogP contribution < -0.4 is 5.32 Å². The predicted molar refractivity (Wildman–Crippen MR) is 66.1 cm³/mol. The zero-order valence-corrected chi connectivity index (χ0v) is 11.4. The SMILES string of the molecule is CCC(CC)(CC(=O)NCc1noc(C)n1)C(=O)O. The second kappa shape index (κ2) is 6.31. The first-order valence-electron chi connectivity index (χ1n) is 6.22. The molecule has 1 heterocycles. The Hall–Kier alpha value is -1.92. The van der Waals surface area contributed by atoms with E-state index in [1.807, 2.05) is 0 Å². The van der Waals surface area contributed by atoms with Crippen molar-refractivity contribution in [3.8, 4) is 0 Å². The second-order valence-corrected chi connectivity index (χ2v) is 4.48. The minimum absolute atomic E-state index is 0.0494. The monoisotopic (exact) mass is 269 g/mol. The minimum Gasteiger partial charge on any atom is -0.481 e. The van der Waals surface area contributed by atoms with Gasteiger partial charge in [-0.25, -0.2) is 0 Å². The van der Waals surface area contributed by atoms with E-state index in [-0.39, 0.29) is 18.9 Å². The highest BCUT2D eigenvalue weighted by Crippen LogP contribution is 2.30. The first-order chi connectivity index (χ1) is 8.93. The molecule has 1 rings (SSSR count). The molecule has 0 aliphatic rings. The van der Waals surface area contributed by atoms with Crippen LogP contribution in [0.4, 0.5) is 0 Å². The van der Waals surface area contributed by atoms with Crippen LogP contribution in [-0.4, -0.2) is 27.1 Å². The highest BCUT2D eigenvalue weighted by atomic mass is 16.5. The lowest BCUT2D eigenvalue weighted by Crippen LogP contribution is -2.36. The van der Waals surface area contributed by atoms with Gasteiger partial charge in [0.05, 0.1) is 12.0 Å². The Morgan fingerprint density at radius 2 is 2.00 bits per heavy atom. The van der Waals surface area contributed by atoms with Crippen molar-refractivity contribution in [2.45, 2.75) is 46.6 Å². The number of nitrogens with one attached hydrogen (secondary N) is 1. The molecule has 0 atom stereocenters. The number of hydrogen-bond donors (Lipinski definition) is 2. The first-order valence-corrected chi connectivity index (χ1v) is 6.22. The third-order valence-corrected chi connectivity index (χ3v) is 3.32. The summed E-state index contributed by atoms with van der Waals surface area (Å²) in [4.78, 5) is 27.0. The predicted octanol–water partition coefficient (Wildman–Crippen LogP) is 1.28. The minimum atomic E-state index is -1.00. The average Bonchev–Trinajstić information content (AvgIpc) is 2.79. The quantitative estimate of drug-likeness (QED) is 0.772. The number of rotatable bonds is 7. The van der Waals surface area contributed by atoms with Crippen LogP contribution in [0.15, 0.2) is 4.52 Å². The van der Waals surface area contributed by atoms with E-state index < -0.39 is 11.4 Å². The van der Waals surface area contributed by atoms with E-state index in [2.05, 4.69) is 15.5 Å². The van der Waals surface area contributed by atoms with Crippen molar-refractivity contribution in [3.05, 3.63) is 11.7 Å². The summed E-state index contributed by atoms with van der Waals surface area (Å²) in [6.45, 7) is 5.34. The van der Waals surface area contributed by atoms with Crippen molar-refractivity contribution in [2.24, 2.45) is 5.41 Å². The van der Waals surface area contributed by atoms with Gasteiger partial charge in [0.25, 0.3) is 0 Å². The van der Waals surface area contributed by atoms with Crippen molar-refractivity contribution >= 4 is 11.9 Å². The maximum Gasteiger partial charge on any atom is 0.310 e. The zero-order valence-electron chi connectivity index (χ0n) is 11.4. The number of nitrogens with zero attached hydrogens (tertiary/aromatic N) is 2. The molecule has 0 fully saturated rings. The van der Waals surface area contributed by atoms with Crippen LogP contribution in [0.1, 0.15) is 44.8 Å². The van der Waals surface area contributed by atoms with Crippen molar-refractivity contribution in [2.75, 3.05) is 0 Å². The Labute approximate surface area is 111 Å². The molecule has 7 heteroatoms. The normalized spacial score (nSPS) is 11.3. The maximum atomic E-state index is 11.8. The molecule has 19 heavy (non-hydrogen) atoms. The average molecular weight is 269 g/mol. The fourth-order valence-corrected chi connectivity index (χ4v) is 1.84. The number of hydrogen-bond acceptors (Lipinski definition) is 5. The summed E-state index contributed by atoms with van der Waals surface area (Å²) in [7, 11) is 0. The topological polar surface area (TPSA) is 105 Å². The molecule has 0 aromatic carbocycles. The van der Waals surface area contributed by atoms with Gasteiger partial charge in [-0.15, -0.1) is 0 Å². The Morgan fingerprint density at radius 1 is 1.37 bits per heavy atom. The van der Waals surface area contributed by atoms with Gasteiger partial charge in [0.2, 0.25) is 11.8 Å². The number of carbonyl (C=O) groups excluding carboxylic acids is 1. The molecule has 7 nitrogen and oxygen atoms in total. The molecule has 1 amide bonds. The van der Waals surface area contributed by atoms with E-state index in [0.717, 1.165) is 0 Å². The Bertz CT molecular complexity index is 452. The molecule has 0 unspecified atom stereocenters. The summed E-state index contributed by atoms with van der Waals surface area (Å²) in [6.07, 6.45) is 0.771. The van der Waals surface area contributed by atoms with E-state index in [0.29, 0.717) is 24.6 Å². The van der Waals surface area contributed by atoms with Crippen LogP contribution in [0.25, 0.3) is 0 Å². The van der Waals surface area contributed by atoms with Gasteiger partial charge >= 0.3 is 5.97 Å². The lowest BCUT2D eigenvalue weighted by atomic mass is 9.79. The van der Waals surface area contributed by atoms with Crippen LogP contribution in [0.2, 0.25) is 0 Å². The van der Waals surface area contributed by atoms with E-state index in [1.54, 1.807) is 20.8 Å². The summed E-state index contributed by atoms with van der Waals surface area (Å²) in [6, 6.07) is 0. The molecule has 1 aromatic rings. The highest BCUT2D eigenvalue weighted by molar-refractivity contribution is 5.84. The van der Waals surface area contributed by atoms with Gasteiger partial charge in [0.15, 0.2) is 5.82 Å². The van der Waals surface area contributed by atoms with Gasteiger partial charge in [0.1, 0.15) is 0 Å². The fourth-order valence-electron chi connectivity index (χ4n) is 1.84. The van der Waals surface area contributed by atoms with Crippen LogP contribution in [0.3, 0.4) is 0 Å². The van der Waals surface area contributed by atoms with Gasteiger partial charge in [-0.3, -0.25) is 9.59 Å². The Morgan fingerprint density at radius 3 is 2.42 bits per heavy atom. The van der Waals surface area contributed by atoms with Crippen molar-refractivity contribution in [1.29, 1.82) is 0 Å². The van der Waals surface area contributed by atoms with Gasteiger partial charge in [0, 0.05) is 13.3 Å².